The fraction of sp³-hybridized carbons (Fsp3) is 0.200. The Morgan fingerprint density at radius 2 is 2.10 bits per heavy atom. The number of carbonyl (C=O) groups excluding carboxylic acids is 1. The number of aromatic amines is 2. The quantitative estimate of drug-likeness (QED) is 0.177. The number of unbranched alkanes of at least 4 members (excludes halogenated alkanes) is 1. The van der Waals surface area contributed by atoms with Crippen LogP contribution in [0.15, 0.2) is 83.4 Å². The lowest BCUT2D eigenvalue weighted by Gasteiger charge is -2.09. The number of carbonyl (C=O) groups is 1. The van der Waals surface area contributed by atoms with Gasteiger partial charge in [-0.3, -0.25) is 14.9 Å². The zero-order chi connectivity index (χ0) is 26.8. The van der Waals surface area contributed by atoms with Crippen LogP contribution in [0.25, 0.3) is 50.0 Å². The van der Waals surface area contributed by atoms with Gasteiger partial charge in [0, 0.05) is 63.7 Å². The maximum atomic E-state index is 12.5. The molecule has 0 spiro atoms. The summed E-state index contributed by atoms with van der Waals surface area (Å²) in [5.41, 5.74) is 14.8. The monoisotopic (exact) mass is 519 g/mol. The molecule has 1 amide bonds. The number of rotatable bonds is 9. The molecule has 0 aliphatic heterocycles. The molecule has 0 radical (unpaired) electrons. The number of allylic oxidation sites excluding steroid dienone is 4. The molecule has 6 rings (SSSR count). The van der Waals surface area contributed by atoms with Gasteiger partial charge < -0.3 is 20.5 Å². The van der Waals surface area contributed by atoms with E-state index in [1.54, 1.807) is 24.9 Å². The Kier molecular flexibility index (Phi) is 6.54. The third kappa shape index (κ3) is 5.11. The molecule has 5 heterocycles. The van der Waals surface area contributed by atoms with E-state index in [2.05, 4.69) is 43.5 Å². The molecule has 9 heteroatoms. The smallest absolute Gasteiger partial charge is 0.224 e. The first-order valence-corrected chi connectivity index (χ1v) is 13.1. The number of hydrogen-bond donors (Lipinski definition) is 4. The minimum absolute atomic E-state index is 0.00533. The number of nitrogens with zero attached hydrogens (tertiary/aromatic N) is 3. The molecule has 196 valence electrons. The summed E-state index contributed by atoms with van der Waals surface area (Å²) in [5, 5.41) is 12.5. The number of furan rings is 1. The minimum atomic E-state index is 0.00533. The van der Waals surface area contributed by atoms with E-state index in [-0.39, 0.29) is 5.91 Å². The summed E-state index contributed by atoms with van der Waals surface area (Å²) in [5.74, 6) is 0.00533. The van der Waals surface area contributed by atoms with Gasteiger partial charge in [-0.25, -0.2) is 4.98 Å². The summed E-state index contributed by atoms with van der Waals surface area (Å²) in [4.78, 5) is 24.9. The topological polar surface area (TPSA) is 139 Å². The van der Waals surface area contributed by atoms with E-state index in [0.29, 0.717) is 12.1 Å². The van der Waals surface area contributed by atoms with Gasteiger partial charge in [0.05, 0.1) is 35.6 Å². The van der Waals surface area contributed by atoms with Crippen molar-refractivity contribution < 1.29 is 9.21 Å². The average Bonchev–Trinajstić information content (AvgIpc) is 3.33. The molecule has 5 N–H and O–H groups in total. The Morgan fingerprint density at radius 3 is 2.87 bits per heavy atom. The predicted molar refractivity (Wildman–Crippen MR) is 152 cm³/mol. The summed E-state index contributed by atoms with van der Waals surface area (Å²) in [7, 11) is 0. The first-order chi connectivity index (χ1) is 19.1. The van der Waals surface area contributed by atoms with Gasteiger partial charge in [0.1, 0.15) is 0 Å². The van der Waals surface area contributed by atoms with Crippen LogP contribution in [-0.2, 0) is 4.79 Å². The molecule has 1 saturated carbocycles. The summed E-state index contributed by atoms with van der Waals surface area (Å²) < 4.78 is 5.28. The van der Waals surface area contributed by atoms with Crippen molar-refractivity contribution in [1.29, 1.82) is 0 Å². The number of nitrogens with two attached hydrogens (primary N) is 1. The fourth-order valence-electron chi connectivity index (χ4n) is 4.60. The molecule has 0 unspecified atom stereocenters. The second-order valence-electron chi connectivity index (χ2n) is 9.71. The molecule has 9 nitrogen and oxygen atoms in total. The van der Waals surface area contributed by atoms with Crippen LogP contribution in [0, 0.1) is 0 Å². The van der Waals surface area contributed by atoms with Crippen LogP contribution in [0.1, 0.15) is 44.6 Å². The summed E-state index contributed by atoms with van der Waals surface area (Å²) in [6.45, 7) is 2.07. The lowest BCUT2D eigenvalue weighted by Crippen LogP contribution is -2.21. The number of pyridine rings is 2. The Morgan fingerprint density at radius 1 is 1.21 bits per heavy atom. The van der Waals surface area contributed by atoms with Gasteiger partial charge in [-0.05, 0) is 49.6 Å². The Bertz CT molecular complexity index is 1750. The first-order valence-electron chi connectivity index (χ1n) is 13.1. The normalized spacial score (nSPS) is 13.8. The molecule has 5 aromatic heterocycles. The van der Waals surface area contributed by atoms with E-state index in [1.165, 1.54) is 11.8 Å². The first kappa shape index (κ1) is 24.4. The van der Waals surface area contributed by atoms with E-state index in [4.69, 9.17) is 10.2 Å². The van der Waals surface area contributed by atoms with Crippen molar-refractivity contribution in [3.63, 3.8) is 0 Å². The van der Waals surface area contributed by atoms with Crippen LogP contribution in [0.3, 0.4) is 0 Å². The second kappa shape index (κ2) is 10.4. The van der Waals surface area contributed by atoms with Crippen molar-refractivity contribution in [3.8, 4) is 22.5 Å². The molecular formula is C30H29N7O2. The highest BCUT2D eigenvalue weighted by molar-refractivity contribution is 6.00. The highest BCUT2D eigenvalue weighted by Gasteiger charge is 2.17. The van der Waals surface area contributed by atoms with Crippen molar-refractivity contribution in [3.05, 3.63) is 84.5 Å². The van der Waals surface area contributed by atoms with Crippen LogP contribution in [-0.4, -0.2) is 31.1 Å². The molecule has 1 aliphatic carbocycles. The van der Waals surface area contributed by atoms with Gasteiger partial charge in [-0.1, -0.05) is 18.9 Å². The molecule has 0 aromatic carbocycles. The number of fused-ring (bicyclic) bond motifs is 2. The van der Waals surface area contributed by atoms with Crippen LogP contribution in [0.2, 0.25) is 0 Å². The molecule has 0 bridgehead atoms. The zero-order valence-corrected chi connectivity index (χ0v) is 21.6. The molecule has 1 fully saturated rings. The Hall–Kier alpha value is -4.92. The molecule has 39 heavy (non-hydrogen) atoms. The lowest BCUT2D eigenvalue weighted by atomic mass is 10.0. The predicted octanol–water partition coefficient (Wildman–Crippen LogP) is 5.97. The largest absolute Gasteiger partial charge is 0.472 e. The standard InChI is InChI=1S/C30H29N7O2/c1-2-3-4-28(38)34-22(9-18-5-6-18)10-20(13-31)21-11-24-29(36-37-30(24)33-14-21)26-12-23-25(19-7-8-39-17-19)15-32-16-27(23)35-26/h7-17,35H,2-6,31H2,1H3,(H,34,38)(H,33,36,37)/b20-13+,22-10+. The van der Waals surface area contributed by atoms with E-state index < -0.39 is 0 Å². The summed E-state index contributed by atoms with van der Waals surface area (Å²) in [6.07, 6.45) is 18.6. The molecule has 5 aromatic rings. The Labute approximate surface area is 224 Å². The number of hydrogen-bond acceptors (Lipinski definition) is 6. The van der Waals surface area contributed by atoms with Crippen LogP contribution >= 0.6 is 0 Å². The van der Waals surface area contributed by atoms with Crippen LogP contribution < -0.4 is 11.1 Å². The van der Waals surface area contributed by atoms with Gasteiger partial charge in [-0.2, -0.15) is 5.10 Å². The van der Waals surface area contributed by atoms with Crippen molar-refractivity contribution in [2.24, 2.45) is 5.73 Å². The third-order valence-corrected chi connectivity index (χ3v) is 6.82. The molecule has 0 saturated heterocycles. The average molecular weight is 520 g/mol. The molecular weight excluding hydrogens is 490 g/mol. The van der Waals surface area contributed by atoms with Crippen molar-refractivity contribution in [2.45, 2.75) is 39.0 Å². The van der Waals surface area contributed by atoms with Gasteiger partial charge in [0.2, 0.25) is 5.91 Å². The van der Waals surface area contributed by atoms with E-state index in [0.717, 1.165) is 81.3 Å². The fourth-order valence-corrected chi connectivity index (χ4v) is 4.60. The molecule has 1 aliphatic rings. The van der Waals surface area contributed by atoms with Crippen molar-refractivity contribution in [1.82, 2.24) is 30.5 Å². The third-order valence-electron chi connectivity index (χ3n) is 6.82. The SMILES string of the molecule is CCCCC(=O)N/C(C=C1CC1)=C/C(=C\N)c1cnc2n[nH]c(-c3cc4c(-c5ccoc5)cncc4[nH]3)c2c1. The number of nitrogens with one attached hydrogen (secondary N) is 3. The van der Waals surface area contributed by atoms with Gasteiger partial charge in [0.15, 0.2) is 5.65 Å². The van der Waals surface area contributed by atoms with Gasteiger partial charge >= 0.3 is 0 Å². The zero-order valence-electron chi connectivity index (χ0n) is 21.6. The number of aromatic nitrogens is 5. The maximum Gasteiger partial charge on any atom is 0.224 e. The van der Waals surface area contributed by atoms with Gasteiger partial charge in [-0.15, -0.1) is 0 Å². The Balaban J connectivity index is 1.36. The molecule has 0 atom stereocenters. The lowest BCUT2D eigenvalue weighted by molar-refractivity contribution is -0.120. The highest BCUT2D eigenvalue weighted by atomic mass is 16.3. The second-order valence-corrected chi connectivity index (χ2v) is 9.71. The van der Waals surface area contributed by atoms with Crippen LogP contribution in [0.5, 0.6) is 0 Å². The van der Waals surface area contributed by atoms with Crippen molar-refractivity contribution >= 4 is 33.4 Å². The highest BCUT2D eigenvalue weighted by Crippen LogP contribution is 2.34. The van der Waals surface area contributed by atoms with E-state index >= 15 is 0 Å². The number of H-pyrrole nitrogens is 2. The number of amides is 1. The van der Waals surface area contributed by atoms with E-state index in [9.17, 15) is 4.79 Å². The van der Waals surface area contributed by atoms with Crippen LogP contribution in [0.4, 0.5) is 0 Å². The van der Waals surface area contributed by atoms with E-state index in [1.807, 2.05) is 30.5 Å². The van der Waals surface area contributed by atoms with Crippen molar-refractivity contribution in [2.75, 3.05) is 0 Å². The van der Waals surface area contributed by atoms with Gasteiger partial charge in [0.25, 0.3) is 0 Å². The maximum absolute atomic E-state index is 12.5. The summed E-state index contributed by atoms with van der Waals surface area (Å²) in [6, 6.07) is 6.00. The summed E-state index contributed by atoms with van der Waals surface area (Å²) >= 11 is 0. The minimum Gasteiger partial charge on any atom is -0.472 e.